The first-order valence-corrected chi connectivity index (χ1v) is 8.72. The molecule has 1 aromatic rings. The maximum atomic E-state index is 4.72. The summed E-state index contributed by atoms with van der Waals surface area (Å²) in [6.07, 6.45) is 8.33. The van der Waals surface area contributed by atoms with Crippen LogP contribution in [0.1, 0.15) is 64.6 Å². The van der Waals surface area contributed by atoms with E-state index in [1.165, 1.54) is 50.2 Å². The Balaban J connectivity index is 2.00. The molecule has 1 aromatic heterocycles. The number of piperidine rings is 1. The van der Waals surface area contributed by atoms with Crippen LogP contribution >= 0.6 is 0 Å². The van der Waals surface area contributed by atoms with Crippen LogP contribution < -0.4 is 10.2 Å². The Morgan fingerprint density at radius 3 is 2.81 bits per heavy atom. The summed E-state index contributed by atoms with van der Waals surface area (Å²) in [5.41, 5.74) is 2.47. The van der Waals surface area contributed by atoms with Crippen LogP contribution in [0.4, 0.5) is 5.69 Å². The first kappa shape index (κ1) is 16.3. The van der Waals surface area contributed by atoms with E-state index in [2.05, 4.69) is 49.3 Å². The van der Waals surface area contributed by atoms with Crippen molar-refractivity contribution in [2.45, 2.75) is 58.9 Å². The fourth-order valence-electron chi connectivity index (χ4n) is 3.20. The third-order valence-electron chi connectivity index (χ3n) is 4.64. The lowest BCUT2D eigenvalue weighted by molar-refractivity contribution is 0.404. The summed E-state index contributed by atoms with van der Waals surface area (Å²) in [5, 5.41) is 3.57. The standard InChI is InChI=1S/C18H31N3/c1-4-11-19-17(6-3)18-10-9-16(13-20-18)21-12-7-8-15(5-2)14-21/h9-10,13,15,17,19H,4-8,11-12,14H2,1-3H3. The maximum Gasteiger partial charge on any atom is 0.0574 e. The van der Waals surface area contributed by atoms with Gasteiger partial charge in [-0.3, -0.25) is 4.98 Å². The minimum Gasteiger partial charge on any atom is -0.370 e. The second kappa shape index (κ2) is 8.38. The number of nitrogens with one attached hydrogen (secondary N) is 1. The number of nitrogens with zero attached hydrogens (tertiary/aromatic N) is 2. The monoisotopic (exact) mass is 289 g/mol. The van der Waals surface area contributed by atoms with Gasteiger partial charge < -0.3 is 10.2 Å². The van der Waals surface area contributed by atoms with Crippen molar-refractivity contribution in [1.29, 1.82) is 0 Å². The zero-order valence-electron chi connectivity index (χ0n) is 13.9. The van der Waals surface area contributed by atoms with Gasteiger partial charge in [-0.1, -0.05) is 27.2 Å². The number of aromatic nitrogens is 1. The molecule has 2 unspecified atom stereocenters. The minimum absolute atomic E-state index is 0.392. The van der Waals surface area contributed by atoms with E-state index in [4.69, 9.17) is 4.98 Å². The van der Waals surface area contributed by atoms with Gasteiger partial charge in [0.25, 0.3) is 0 Å². The van der Waals surface area contributed by atoms with Gasteiger partial charge in [0.1, 0.15) is 0 Å². The molecule has 1 aliphatic heterocycles. The number of anilines is 1. The molecule has 0 aliphatic carbocycles. The predicted octanol–water partition coefficient (Wildman–Crippen LogP) is 4.16. The van der Waals surface area contributed by atoms with Crippen molar-refractivity contribution >= 4 is 5.69 Å². The molecule has 0 amide bonds. The fraction of sp³-hybridized carbons (Fsp3) is 0.722. The van der Waals surface area contributed by atoms with Crippen molar-refractivity contribution in [2.24, 2.45) is 5.92 Å². The second-order valence-electron chi connectivity index (χ2n) is 6.22. The van der Waals surface area contributed by atoms with E-state index in [1.54, 1.807) is 0 Å². The molecular formula is C18H31N3. The van der Waals surface area contributed by atoms with Gasteiger partial charge in [-0.25, -0.2) is 0 Å². The molecular weight excluding hydrogens is 258 g/mol. The highest BCUT2D eigenvalue weighted by Crippen LogP contribution is 2.25. The molecule has 3 nitrogen and oxygen atoms in total. The SMILES string of the molecule is CCCNC(CC)c1ccc(N2CCCC(CC)C2)cn1. The molecule has 2 heterocycles. The van der Waals surface area contributed by atoms with Gasteiger partial charge >= 0.3 is 0 Å². The van der Waals surface area contributed by atoms with Crippen LogP contribution in [0.25, 0.3) is 0 Å². The summed E-state index contributed by atoms with van der Waals surface area (Å²) < 4.78 is 0. The van der Waals surface area contributed by atoms with E-state index in [1.807, 2.05) is 0 Å². The Morgan fingerprint density at radius 2 is 2.19 bits per heavy atom. The summed E-state index contributed by atoms with van der Waals surface area (Å²) in [4.78, 5) is 7.23. The highest BCUT2D eigenvalue weighted by Gasteiger charge is 2.19. The summed E-state index contributed by atoms with van der Waals surface area (Å²) in [5.74, 6) is 0.855. The normalized spacial score (nSPS) is 20.5. The van der Waals surface area contributed by atoms with Crippen molar-refractivity contribution in [1.82, 2.24) is 10.3 Å². The molecule has 0 radical (unpaired) electrons. The lowest BCUT2D eigenvalue weighted by Crippen LogP contribution is -2.35. The highest BCUT2D eigenvalue weighted by molar-refractivity contribution is 5.45. The topological polar surface area (TPSA) is 28.2 Å². The molecule has 1 aliphatic rings. The van der Waals surface area contributed by atoms with Crippen molar-refractivity contribution in [3.8, 4) is 0 Å². The lowest BCUT2D eigenvalue weighted by Gasteiger charge is -2.34. The zero-order chi connectivity index (χ0) is 15.1. The summed E-state index contributed by atoms with van der Waals surface area (Å²) >= 11 is 0. The van der Waals surface area contributed by atoms with Crippen LogP contribution in [0, 0.1) is 5.92 Å². The molecule has 0 saturated carbocycles. The van der Waals surface area contributed by atoms with Gasteiger partial charge in [-0.15, -0.1) is 0 Å². The van der Waals surface area contributed by atoms with E-state index in [0.717, 1.165) is 18.9 Å². The van der Waals surface area contributed by atoms with E-state index < -0.39 is 0 Å². The van der Waals surface area contributed by atoms with E-state index >= 15 is 0 Å². The largest absolute Gasteiger partial charge is 0.370 e. The Hall–Kier alpha value is -1.09. The lowest BCUT2D eigenvalue weighted by atomic mass is 9.95. The molecule has 1 saturated heterocycles. The van der Waals surface area contributed by atoms with Gasteiger partial charge in [0.05, 0.1) is 17.6 Å². The maximum absolute atomic E-state index is 4.72. The predicted molar refractivity (Wildman–Crippen MR) is 90.8 cm³/mol. The summed E-state index contributed by atoms with van der Waals surface area (Å²) in [6, 6.07) is 4.86. The molecule has 1 fully saturated rings. The van der Waals surface area contributed by atoms with Crippen molar-refractivity contribution in [3.05, 3.63) is 24.0 Å². The first-order valence-electron chi connectivity index (χ1n) is 8.72. The Kier molecular flexibility index (Phi) is 6.50. The van der Waals surface area contributed by atoms with Crippen molar-refractivity contribution < 1.29 is 0 Å². The number of hydrogen-bond donors (Lipinski definition) is 1. The Morgan fingerprint density at radius 1 is 1.33 bits per heavy atom. The van der Waals surface area contributed by atoms with Crippen LogP contribution in [0.15, 0.2) is 18.3 Å². The summed E-state index contributed by atoms with van der Waals surface area (Å²) in [6.45, 7) is 10.2. The van der Waals surface area contributed by atoms with E-state index in [9.17, 15) is 0 Å². The summed E-state index contributed by atoms with van der Waals surface area (Å²) in [7, 11) is 0. The second-order valence-corrected chi connectivity index (χ2v) is 6.22. The Bertz CT molecular complexity index is 401. The smallest absolute Gasteiger partial charge is 0.0574 e. The highest BCUT2D eigenvalue weighted by atomic mass is 15.1. The molecule has 2 rings (SSSR count). The fourth-order valence-corrected chi connectivity index (χ4v) is 3.20. The van der Waals surface area contributed by atoms with E-state index in [0.29, 0.717) is 6.04 Å². The molecule has 118 valence electrons. The minimum atomic E-state index is 0.392. The molecule has 0 aromatic carbocycles. The average molecular weight is 289 g/mol. The van der Waals surface area contributed by atoms with E-state index in [-0.39, 0.29) is 0 Å². The van der Waals surface area contributed by atoms with Crippen LogP contribution in [-0.2, 0) is 0 Å². The quantitative estimate of drug-likeness (QED) is 0.817. The Labute approximate surface area is 130 Å². The zero-order valence-corrected chi connectivity index (χ0v) is 13.9. The molecule has 2 atom stereocenters. The van der Waals surface area contributed by atoms with Crippen LogP contribution in [0.5, 0.6) is 0 Å². The molecule has 21 heavy (non-hydrogen) atoms. The van der Waals surface area contributed by atoms with Gasteiger partial charge in [-0.05, 0) is 50.3 Å². The third-order valence-corrected chi connectivity index (χ3v) is 4.64. The average Bonchev–Trinajstić information content (AvgIpc) is 2.56. The van der Waals surface area contributed by atoms with Crippen molar-refractivity contribution in [3.63, 3.8) is 0 Å². The molecule has 0 bridgehead atoms. The van der Waals surface area contributed by atoms with Gasteiger partial charge in [0.2, 0.25) is 0 Å². The first-order chi connectivity index (χ1) is 10.3. The van der Waals surface area contributed by atoms with Gasteiger partial charge in [0, 0.05) is 19.1 Å². The van der Waals surface area contributed by atoms with Gasteiger partial charge in [-0.2, -0.15) is 0 Å². The van der Waals surface area contributed by atoms with Crippen molar-refractivity contribution in [2.75, 3.05) is 24.5 Å². The molecule has 3 heteroatoms. The number of hydrogen-bond acceptors (Lipinski definition) is 3. The third kappa shape index (κ3) is 4.44. The van der Waals surface area contributed by atoms with Crippen LogP contribution in [-0.4, -0.2) is 24.6 Å². The van der Waals surface area contributed by atoms with Crippen LogP contribution in [0.3, 0.4) is 0 Å². The van der Waals surface area contributed by atoms with Gasteiger partial charge in [0.15, 0.2) is 0 Å². The number of pyridine rings is 1. The molecule has 1 N–H and O–H groups in total. The molecule has 0 spiro atoms. The number of rotatable bonds is 7. The van der Waals surface area contributed by atoms with Crippen LogP contribution in [0.2, 0.25) is 0 Å².